The first-order valence-corrected chi connectivity index (χ1v) is 12.7. The number of carbonyl (C=O) groups excluding carboxylic acids is 4. The van der Waals surface area contributed by atoms with E-state index in [1.165, 1.54) is 13.8 Å². The lowest BCUT2D eigenvalue weighted by molar-refractivity contribution is -0.290. The van der Waals surface area contributed by atoms with E-state index in [-0.39, 0.29) is 25.2 Å². The Balaban J connectivity index is 1.71. The maximum absolute atomic E-state index is 13.4. The number of Topliss-reactive ketones (excluding diaryl/α,β-unsaturated/α-hetero) is 1. The number of aliphatic hydroxyl groups is 4. The number of rotatable bonds is 4. The van der Waals surface area contributed by atoms with Crippen molar-refractivity contribution in [2.45, 2.75) is 82.6 Å². The van der Waals surface area contributed by atoms with Gasteiger partial charge in [0, 0.05) is 17.8 Å². The van der Waals surface area contributed by atoms with Crippen LogP contribution in [-0.2, 0) is 38.1 Å². The number of aliphatic hydroxyl groups excluding tert-OH is 3. The Morgan fingerprint density at radius 1 is 1.18 bits per heavy atom. The molecule has 1 spiro atoms. The second kappa shape index (κ2) is 8.23. The number of ether oxygens (including phenoxy) is 4. The molecule has 3 aliphatic carbocycles. The Bertz CT molecular complexity index is 1140. The van der Waals surface area contributed by atoms with Crippen molar-refractivity contribution >= 4 is 23.7 Å². The largest absolute Gasteiger partial charge is 0.504 e. The van der Waals surface area contributed by atoms with Crippen LogP contribution in [0.2, 0.25) is 0 Å². The molecule has 2 saturated heterocycles. The fourth-order valence-electron chi connectivity index (χ4n) is 8.39. The van der Waals surface area contributed by atoms with Crippen molar-refractivity contribution in [3.8, 4) is 0 Å². The van der Waals surface area contributed by atoms with Gasteiger partial charge in [-0.3, -0.25) is 9.59 Å². The Morgan fingerprint density at radius 3 is 2.45 bits per heavy atom. The number of esters is 3. The third-order valence-corrected chi connectivity index (χ3v) is 9.68. The summed E-state index contributed by atoms with van der Waals surface area (Å²) >= 11 is 0. The maximum atomic E-state index is 13.4. The lowest BCUT2D eigenvalue weighted by Gasteiger charge is -2.67. The van der Waals surface area contributed by atoms with Crippen LogP contribution < -0.4 is 0 Å². The Labute approximate surface area is 218 Å². The molecule has 0 aromatic heterocycles. The number of methoxy groups -OCH3 is 1. The summed E-state index contributed by atoms with van der Waals surface area (Å²) in [6, 6.07) is 0. The van der Waals surface area contributed by atoms with Gasteiger partial charge in [-0.15, -0.1) is 0 Å². The molecule has 5 aliphatic rings. The van der Waals surface area contributed by atoms with Crippen molar-refractivity contribution in [2.24, 2.45) is 28.6 Å². The van der Waals surface area contributed by atoms with Gasteiger partial charge in [-0.05, 0) is 44.1 Å². The Hall–Kier alpha value is -2.54. The number of hydrogen-bond donors (Lipinski definition) is 4. The lowest BCUT2D eigenvalue weighted by atomic mass is 9.38. The van der Waals surface area contributed by atoms with E-state index in [9.17, 15) is 39.6 Å². The summed E-state index contributed by atoms with van der Waals surface area (Å²) in [5.74, 6) is -6.66. The molecule has 12 heteroatoms. The monoisotopic (exact) mass is 538 g/mol. The minimum atomic E-state index is -2.27. The number of allylic oxidation sites excluding steroid dienone is 2. The molecule has 4 N–H and O–H groups in total. The van der Waals surface area contributed by atoms with Crippen LogP contribution in [0.25, 0.3) is 0 Å². The van der Waals surface area contributed by atoms with Crippen LogP contribution in [0.1, 0.15) is 47.0 Å². The van der Waals surface area contributed by atoms with Crippen LogP contribution in [0.4, 0.5) is 0 Å². The number of carbonyl (C=O) groups is 4. The average molecular weight is 539 g/mol. The minimum Gasteiger partial charge on any atom is -0.504 e. The van der Waals surface area contributed by atoms with E-state index >= 15 is 0 Å². The minimum absolute atomic E-state index is 0.145. The summed E-state index contributed by atoms with van der Waals surface area (Å²) in [6.45, 7) is 5.88. The number of fused-ring (bicyclic) bond motifs is 2. The van der Waals surface area contributed by atoms with E-state index in [1.54, 1.807) is 13.8 Å². The molecule has 0 aromatic carbocycles. The fraction of sp³-hybridized carbons (Fsp3) is 0.769. The van der Waals surface area contributed by atoms with Gasteiger partial charge < -0.3 is 39.4 Å². The van der Waals surface area contributed by atoms with E-state index in [4.69, 9.17) is 18.9 Å². The zero-order chi connectivity index (χ0) is 28.2. The van der Waals surface area contributed by atoms with Crippen molar-refractivity contribution < 1.29 is 58.6 Å². The van der Waals surface area contributed by atoms with Crippen molar-refractivity contribution in [2.75, 3.05) is 13.7 Å². The normalized spacial score (nSPS) is 45.6. The molecule has 2 bridgehead atoms. The second-order valence-corrected chi connectivity index (χ2v) is 12.3. The van der Waals surface area contributed by atoms with Gasteiger partial charge in [0.15, 0.2) is 11.5 Å². The molecule has 210 valence electrons. The quantitative estimate of drug-likeness (QED) is 0.271. The SMILES string of the molecule is COC(=O)[C@@]12OC[C@]34[C@H]([C@@H](O)[C@@H]1O)[C@@]1(C)CC(=O)C(O)=C(C)[C@@H]1C[C@H]3OC(=O)[C@H](OC(=O)CC(C)(C)O)[C@@H]24. The second-order valence-electron chi connectivity index (χ2n) is 12.3. The first-order chi connectivity index (χ1) is 17.6. The zero-order valence-electron chi connectivity index (χ0n) is 21.9. The summed E-state index contributed by atoms with van der Waals surface area (Å²) in [5.41, 5.74) is -5.73. The molecule has 38 heavy (non-hydrogen) atoms. The number of ketones is 1. The lowest BCUT2D eigenvalue weighted by Crippen LogP contribution is -2.79. The van der Waals surface area contributed by atoms with E-state index in [1.807, 2.05) is 0 Å². The molecule has 0 aromatic rings. The van der Waals surface area contributed by atoms with Crippen LogP contribution in [-0.4, -0.2) is 93.5 Å². The Morgan fingerprint density at radius 2 is 1.84 bits per heavy atom. The molecule has 0 amide bonds. The highest BCUT2D eigenvalue weighted by Gasteiger charge is 2.85. The summed E-state index contributed by atoms with van der Waals surface area (Å²) in [4.78, 5) is 52.4. The molecule has 0 radical (unpaired) electrons. The third-order valence-electron chi connectivity index (χ3n) is 9.68. The van der Waals surface area contributed by atoms with Crippen molar-refractivity contribution in [1.29, 1.82) is 0 Å². The first kappa shape index (κ1) is 27.0. The standard InChI is InChI=1S/C26H34O12/c1-10-11-6-13-25-9-36-26(22(33)35-5,19(25)17(21(32)37-13)38-14(28)8-23(2,3)34)20(31)16(30)18(25)24(11,4)7-12(27)15(10)29/h11,13,16-20,29-31,34H,6-9H2,1-5H3/t11-,13+,16+,17+,18+,19+,20-,24-,25+,26-/m0/s1. The molecule has 2 aliphatic heterocycles. The van der Waals surface area contributed by atoms with E-state index in [0.717, 1.165) is 7.11 Å². The smallest absolute Gasteiger partial charge is 0.348 e. The third kappa shape index (κ3) is 3.23. The van der Waals surface area contributed by atoms with Gasteiger partial charge in [-0.2, -0.15) is 0 Å². The summed E-state index contributed by atoms with van der Waals surface area (Å²) in [5, 5.41) is 43.7. The van der Waals surface area contributed by atoms with E-state index < -0.39 is 94.3 Å². The Kier molecular flexibility index (Phi) is 5.86. The van der Waals surface area contributed by atoms with Gasteiger partial charge in [0.05, 0.1) is 37.8 Å². The zero-order valence-corrected chi connectivity index (χ0v) is 21.9. The molecule has 2 saturated carbocycles. The van der Waals surface area contributed by atoms with Crippen LogP contribution in [0.3, 0.4) is 0 Å². The molecule has 5 rings (SSSR count). The molecular formula is C26H34O12. The molecule has 0 unspecified atom stereocenters. The summed E-state index contributed by atoms with van der Waals surface area (Å²) in [6.07, 6.45) is -6.71. The van der Waals surface area contributed by atoms with Crippen molar-refractivity contribution in [1.82, 2.24) is 0 Å². The molecule has 12 nitrogen and oxygen atoms in total. The van der Waals surface area contributed by atoms with Crippen LogP contribution in [0.5, 0.6) is 0 Å². The van der Waals surface area contributed by atoms with Gasteiger partial charge in [-0.25, -0.2) is 9.59 Å². The molecule has 4 fully saturated rings. The van der Waals surface area contributed by atoms with Gasteiger partial charge in [0.25, 0.3) is 0 Å². The van der Waals surface area contributed by atoms with Gasteiger partial charge >= 0.3 is 17.9 Å². The van der Waals surface area contributed by atoms with Gasteiger partial charge in [-0.1, -0.05) is 6.92 Å². The van der Waals surface area contributed by atoms with Crippen LogP contribution in [0.15, 0.2) is 11.3 Å². The highest BCUT2D eigenvalue weighted by molar-refractivity contribution is 5.95. The average Bonchev–Trinajstić information content (AvgIpc) is 3.12. The summed E-state index contributed by atoms with van der Waals surface area (Å²) < 4.78 is 22.4. The highest BCUT2D eigenvalue weighted by Crippen LogP contribution is 2.72. The molecule has 10 atom stereocenters. The predicted molar refractivity (Wildman–Crippen MR) is 124 cm³/mol. The molecular weight excluding hydrogens is 504 g/mol. The number of hydrogen-bond acceptors (Lipinski definition) is 12. The van der Waals surface area contributed by atoms with Crippen molar-refractivity contribution in [3.63, 3.8) is 0 Å². The first-order valence-electron chi connectivity index (χ1n) is 12.7. The summed E-state index contributed by atoms with van der Waals surface area (Å²) in [7, 11) is 1.07. The fourth-order valence-corrected chi connectivity index (χ4v) is 8.39. The predicted octanol–water partition coefficient (Wildman–Crippen LogP) is -0.288. The molecule has 2 heterocycles. The maximum Gasteiger partial charge on any atom is 0.348 e. The van der Waals surface area contributed by atoms with Gasteiger partial charge in [0.1, 0.15) is 12.2 Å². The van der Waals surface area contributed by atoms with E-state index in [0.29, 0.717) is 5.57 Å². The topological polar surface area (TPSA) is 186 Å². The van der Waals surface area contributed by atoms with Crippen molar-refractivity contribution in [3.05, 3.63) is 11.3 Å². The van der Waals surface area contributed by atoms with Crippen LogP contribution in [0, 0.1) is 28.6 Å². The van der Waals surface area contributed by atoms with Gasteiger partial charge in [0.2, 0.25) is 11.7 Å². The van der Waals surface area contributed by atoms with E-state index in [2.05, 4.69) is 0 Å². The highest BCUT2D eigenvalue weighted by atomic mass is 16.6. The van der Waals surface area contributed by atoms with Crippen LogP contribution >= 0.6 is 0 Å².